The number of benzene rings is 1. The Hall–Kier alpha value is -1.19. The van der Waals surface area contributed by atoms with Gasteiger partial charge in [0.15, 0.2) is 6.29 Å². The van der Waals surface area contributed by atoms with Crippen LogP contribution in [0.4, 0.5) is 0 Å². The Morgan fingerprint density at radius 3 is 2.12 bits per heavy atom. The standard InChI is InChI=1S/C13H18O3/c1-3-15-13(16-4-2)12-7-5-11(6-8-12)9-10-14/h5-8,10,13H,3-4,9H2,1-2H3. The molecule has 0 bridgehead atoms. The molecule has 3 nitrogen and oxygen atoms in total. The van der Waals surface area contributed by atoms with Gasteiger partial charge in [0.05, 0.1) is 0 Å². The summed E-state index contributed by atoms with van der Waals surface area (Å²) in [5.74, 6) is 0. The molecule has 0 saturated heterocycles. The van der Waals surface area contributed by atoms with Gasteiger partial charge in [-0.3, -0.25) is 0 Å². The number of ether oxygens (including phenoxy) is 2. The molecular weight excluding hydrogens is 204 g/mol. The minimum absolute atomic E-state index is 0.305. The topological polar surface area (TPSA) is 35.5 Å². The van der Waals surface area contributed by atoms with Gasteiger partial charge in [0, 0.05) is 25.2 Å². The van der Waals surface area contributed by atoms with Crippen molar-refractivity contribution in [2.45, 2.75) is 26.6 Å². The number of aldehydes is 1. The molecule has 0 heterocycles. The minimum atomic E-state index is -0.305. The molecule has 0 N–H and O–H groups in total. The molecule has 0 aromatic heterocycles. The first-order valence-corrected chi connectivity index (χ1v) is 5.57. The highest BCUT2D eigenvalue weighted by molar-refractivity contribution is 5.54. The van der Waals surface area contributed by atoms with E-state index in [9.17, 15) is 4.79 Å². The van der Waals surface area contributed by atoms with Crippen molar-refractivity contribution >= 4 is 6.29 Å². The lowest BCUT2D eigenvalue weighted by atomic mass is 10.1. The van der Waals surface area contributed by atoms with Crippen molar-refractivity contribution in [1.82, 2.24) is 0 Å². The summed E-state index contributed by atoms with van der Waals surface area (Å²) in [6.45, 7) is 5.10. The van der Waals surface area contributed by atoms with E-state index in [0.29, 0.717) is 19.6 Å². The van der Waals surface area contributed by atoms with Crippen molar-refractivity contribution in [2.75, 3.05) is 13.2 Å². The molecule has 1 rings (SSSR count). The van der Waals surface area contributed by atoms with Gasteiger partial charge < -0.3 is 14.3 Å². The Morgan fingerprint density at radius 1 is 1.12 bits per heavy atom. The molecule has 1 aromatic carbocycles. The number of carbonyl (C=O) groups is 1. The van der Waals surface area contributed by atoms with Crippen molar-refractivity contribution in [2.24, 2.45) is 0 Å². The third-order valence-corrected chi connectivity index (χ3v) is 2.21. The number of hydrogen-bond donors (Lipinski definition) is 0. The van der Waals surface area contributed by atoms with Crippen molar-refractivity contribution in [3.63, 3.8) is 0 Å². The Labute approximate surface area is 96.4 Å². The van der Waals surface area contributed by atoms with E-state index in [1.165, 1.54) is 0 Å². The van der Waals surface area contributed by atoms with Crippen LogP contribution in [0.15, 0.2) is 24.3 Å². The van der Waals surface area contributed by atoms with Crippen LogP contribution in [0.25, 0.3) is 0 Å². The maximum atomic E-state index is 10.3. The summed E-state index contributed by atoms with van der Waals surface area (Å²) in [7, 11) is 0. The molecular formula is C13H18O3. The fraction of sp³-hybridized carbons (Fsp3) is 0.462. The predicted molar refractivity (Wildman–Crippen MR) is 62.2 cm³/mol. The Bertz CT molecular complexity index is 299. The molecule has 88 valence electrons. The van der Waals surface area contributed by atoms with E-state index in [1.54, 1.807) is 0 Å². The molecule has 0 aliphatic carbocycles. The van der Waals surface area contributed by atoms with Crippen LogP contribution in [0.3, 0.4) is 0 Å². The van der Waals surface area contributed by atoms with E-state index < -0.39 is 0 Å². The van der Waals surface area contributed by atoms with Crippen molar-refractivity contribution < 1.29 is 14.3 Å². The number of carbonyl (C=O) groups excluding carboxylic acids is 1. The smallest absolute Gasteiger partial charge is 0.183 e. The van der Waals surface area contributed by atoms with Gasteiger partial charge in [0.25, 0.3) is 0 Å². The molecule has 0 spiro atoms. The van der Waals surface area contributed by atoms with Gasteiger partial charge in [-0.05, 0) is 19.4 Å². The van der Waals surface area contributed by atoms with Crippen LogP contribution in [-0.2, 0) is 20.7 Å². The molecule has 0 aliphatic heterocycles. The zero-order chi connectivity index (χ0) is 11.8. The molecule has 0 saturated carbocycles. The summed E-state index contributed by atoms with van der Waals surface area (Å²) in [5.41, 5.74) is 1.99. The van der Waals surface area contributed by atoms with Gasteiger partial charge in [0.1, 0.15) is 6.29 Å². The van der Waals surface area contributed by atoms with Crippen LogP contribution in [0.1, 0.15) is 31.3 Å². The average molecular weight is 222 g/mol. The van der Waals surface area contributed by atoms with Crippen molar-refractivity contribution in [3.8, 4) is 0 Å². The first kappa shape index (κ1) is 12.9. The third kappa shape index (κ3) is 3.76. The summed E-state index contributed by atoms with van der Waals surface area (Å²) in [6, 6.07) is 7.73. The molecule has 0 radical (unpaired) electrons. The maximum absolute atomic E-state index is 10.3. The van der Waals surface area contributed by atoms with Gasteiger partial charge in [-0.1, -0.05) is 24.3 Å². The third-order valence-electron chi connectivity index (χ3n) is 2.21. The molecule has 16 heavy (non-hydrogen) atoms. The first-order chi connectivity index (χ1) is 7.81. The summed E-state index contributed by atoms with van der Waals surface area (Å²) < 4.78 is 11.0. The summed E-state index contributed by atoms with van der Waals surface area (Å²) >= 11 is 0. The largest absolute Gasteiger partial charge is 0.349 e. The minimum Gasteiger partial charge on any atom is -0.349 e. The zero-order valence-electron chi connectivity index (χ0n) is 9.81. The quantitative estimate of drug-likeness (QED) is 0.525. The van der Waals surface area contributed by atoms with Gasteiger partial charge in [0.2, 0.25) is 0 Å². The highest BCUT2D eigenvalue weighted by Gasteiger charge is 2.10. The van der Waals surface area contributed by atoms with Crippen LogP contribution in [0.2, 0.25) is 0 Å². The van der Waals surface area contributed by atoms with Crippen LogP contribution in [0, 0.1) is 0 Å². The fourth-order valence-corrected chi connectivity index (χ4v) is 1.45. The molecule has 0 amide bonds. The second-order valence-electron chi connectivity index (χ2n) is 3.35. The predicted octanol–water partition coefficient (Wildman–Crippen LogP) is 2.50. The summed E-state index contributed by atoms with van der Waals surface area (Å²) in [6.07, 6.45) is 1.05. The zero-order valence-corrected chi connectivity index (χ0v) is 9.81. The van der Waals surface area contributed by atoms with E-state index in [4.69, 9.17) is 9.47 Å². The Morgan fingerprint density at radius 2 is 1.69 bits per heavy atom. The first-order valence-electron chi connectivity index (χ1n) is 5.57. The second kappa shape index (κ2) is 7.14. The van der Waals surface area contributed by atoms with Crippen molar-refractivity contribution in [3.05, 3.63) is 35.4 Å². The SMILES string of the molecule is CCOC(OCC)c1ccc(CC=O)cc1. The molecule has 0 unspecified atom stereocenters. The second-order valence-corrected chi connectivity index (χ2v) is 3.35. The van der Waals surface area contributed by atoms with E-state index in [2.05, 4.69) is 0 Å². The molecule has 1 aromatic rings. The maximum Gasteiger partial charge on any atom is 0.183 e. The monoisotopic (exact) mass is 222 g/mol. The van der Waals surface area contributed by atoms with Crippen LogP contribution in [0.5, 0.6) is 0 Å². The van der Waals surface area contributed by atoms with Gasteiger partial charge in [-0.15, -0.1) is 0 Å². The highest BCUT2D eigenvalue weighted by atomic mass is 16.7. The Kier molecular flexibility index (Phi) is 5.75. The summed E-state index contributed by atoms with van der Waals surface area (Å²) in [4.78, 5) is 10.3. The number of hydrogen-bond acceptors (Lipinski definition) is 3. The van der Waals surface area contributed by atoms with Crippen LogP contribution >= 0.6 is 0 Å². The lowest BCUT2D eigenvalue weighted by Crippen LogP contribution is -2.08. The Balaban J connectivity index is 2.72. The van der Waals surface area contributed by atoms with E-state index in [-0.39, 0.29) is 6.29 Å². The lowest BCUT2D eigenvalue weighted by Gasteiger charge is -2.17. The van der Waals surface area contributed by atoms with Gasteiger partial charge >= 0.3 is 0 Å². The van der Waals surface area contributed by atoms with Gasteiger partial charge in [-0.2, -0.15) is 0 Å². The van der Waals surface area contributed by atoms with Crippen LogP contribution < -0.4 is 0 Å². The fourth-order valence-electron chi connectivity index (χ4n) is 1.45. The van der Waals surface area contributed by atoms with Gasteiger partial charge in [-0.25, -0.2) is 0 Å². The summed E-state index contributed by atoms with van der Waals surface area (Å²) in [5, 5.41) is 0. The molecule has 0 fully saturated rings. The normalized spacial score (nSPS) is 10.7. The van der Waals surface area contributed by atoms with E-state index in [0.717, 1.165) is 17.4 Å². The van der Waals surface area contributed by atoms with E-state index >= 15 is 0 Å². The lowest BCUT2D eigenvalue weighted by molar-refractivity contribution is -0.140. The molecule has 0 atom stereocenters. The van der Waals surface area contributed by atoms with Crippen molar-refractivity contribution in [1.29, 1.82) is 0 Å². The molecule has 0 aliphatic rings. The highest BCUT2D eigenvalue weighted by Crippen LogP contribution is 2.19. The average Bonchev–Trinajstić information content (AvgIpc) is 2.30. The molecule has 3 heteroatoms. The number of rotatable bonds is 7. The van der Waals surface area contributed by atoms with E-state index in [1.807, 2.05) is 38.1 Å². The van der Waals surface area contributed by atoms with Crippen LogP contribution in [-0.4, -0.2) is 19.5 Å².